The van der Waals surface area contributed by atoms with Crippen LogP contribution < -0.4 is 0 Å². The SMILES string of the molecule is Cc1cccc2c1ccn2CCC1OCCCO1. The predicted octanol–water partition coefficient (Wildman–Crippen LogP) is 3.10. The number of benzene rings is 1. The molecule has 1 aliphatic rings. The maximum absolute atomic E-state index is 5.58. The van der Waals surface area contributed by atoms with Crippen LogP contribution >= 0.6 is 0 Å². The van der Waals surface area contributed by atoms with Gasteiger partial charge in [0.2, 0.25) is 0 Å². The Balaban J connectivity index is 1.72. The first-order chi connectivity index (χ1) is 8.84. The quantitative estimate of drug-likeness (QED) is 0.829. The molecule has 3 rings (SSSR count). The van der Waals surface area contributed by atoms with Crippen molar-refractivity contribution in [3.8, 4) is 0 Å². The zero-order valence-electron chi connectivity index (χ0n) is 10.8. The molecule has 2 heterocycles. The van der Waals surface area contributed by atoms with Crippen LogP contribution in [0.15, 0.2) is 30.5 Å². The van der Waals surface area contributed by atoms with Crippen molar-refractivity contribution in [2.45, 2.75) is 32.6 Å². The van der Waals surface area contributed by atoms with Crippen LogP contribution in [-0.2, 0) is 16.0 Å². The highest BCUT2D eigenvalue weighted by Crippen LogP contribution is 2.20. The molecule has 0 unspecified atom stereocenters. The highest BCUT2D eigenvalue weighted by atomic mass is 16.7. The molecule has 0 aliphatic carbocycles. The molecule has 0 spiro atoms. The molecule has 96 valence electrons. The topological polar surface area (TPSA) is 23.4 Å². The van der Waals surface area contributed by atoms with Crippen molar-refractivity contribution in [1.82, 2.24) is 4.57 Å². The first-order valence-corrected chi connectivity index (χ1v) is 6.62. The highest BCUT2D eigenvalue weighted by molar-refractivity contribution is 5.83. The lowest BCUT2D eigenvalue weighted by atomic mass is 10.1. The van der Waals surface area contributed by atoms with Crippen molar-refractivity contribution in [3.05, 3.63) is 36.0 Å². The summed E-state index contributed by atoms with van der Waals surface area (Å²) in [6, 6.07) is 8.62. The van der Waals surface area contributed by atoms with Crippen molar-refractivity contribution in [2.24, 2.45) is 0 Å². The van der Waals surface area contributed by atoms with Crippen LogP contribution in [0.2, 0.25) is 0 Å². The number of ether oxygens (including phenoxy) is 2. The summed E-state index contributed by atoms with van der Waals surface area (Å²) < 4.78 is 13.4. The molecule has 1 saturated heterocycles. The fourth-order valence-electron chi connectivity index (χ4n) is 2.52. The second-order valence-corrected chi connectivity index (χ2v) is 4.83. The number of aromatic nitrogens is 1. The highest BCUT2D eigenvalue weighted by Gasteiger charge is 2.14. The van der Waals surface area contributed by atoms with E-state index < -0.39 is 0 Å². The molecule has 0 N–H and O–H groups in total. The average molecular weight is 245 g/mol. The normalized spacial score (nSPS) is 17.4. The lowest BCUT2D eigenvalue weighted by molar-refractivity contribution is -0.182. The molecule has 0 amide bonds. The average Bonchev–Trinajstić information content (AvgIpc) is 2.82. The summed E-state index contributed by atoms with van der Waals surface area (Å²) in [6.07, 6.45) is 4.06. The van der Waals surface area contributed by atoms with Crippen LogP contribution in [0.3, 0.4) is 0 Å². The second-order valence-electron chi connectivity index (χ2n) is 4.83. The van der Waals surface area contributed by atoms with Gasteiger partial charge in [-0.3, -0.25) is 0 Å². The Bertz CT molecular complexity index is 526. The van der Waals surface area contributed by atoms with Crippen LogP contribution in [0, 0.1) is 6.92 Å². The van der Waals surface area contributed by atoms with Gasteiger partial charge in [0.1, 0.15) is 0 Å². The third kappa shape index (κ3) is 2.28. The van der Waals surface area contributed by atoms with E-state index >= 15 is 0 Å². The summed E-state index contributed by atoms with van der Waals surface area (Å²) >= 11 is 0. The van der Waals surface area contributed by atoms with Crippen molar-refractivity contribution >= 4 is 10.9 Å². The fraction of sp³-hybridized carbons (Fsp3) is 0.467. The summed E-state index contributed by atoms with van der Waals surface area (Å²) in [5.74, 6) is 0. The number of hydrogen-bond acceptors (Lipinski definition) is 2. The van der Waals surface area contributed by atoms with Crippen LogP contribution in [-0.4, -0.2) is 24.1 Å². The molecular weight excluding hydrogens is 226 g/mol. The van der Waals surface area contributed by atoms with Crippen molar-refractivity contribution in [1.29, 1.82) is 0 Å². The Morgan fingerprint density at radius 3 is 2.89 bits per heavy atom. The first-order valence-electron chi connectivity index (χ1n) is 6.62. The Labute approximate surface area is 107 Å². The van der Waals surface area contributed by atoms with Gasteiger partial charge in [-0.2, -0.15) is 0 Å². The van der Waals surface area contributed by atoms with E-state index in [1.807, 2.05) is 0 Å². The van der Waals surface area contributed by atoms with Crippen LogP contribution in [0.4, 0.5) is 0 Å². The Morgan fingerprint density at radius 1 is 1.22 bits per heavy atom. The van der Waals surface area contributed by atoms with E-state index in [0.717, 1.165) is 32.6 Å². The smallest absolute Gasteiger partial charge is 0.159 e. The second kappa shape index (κ2) is 5.12. The molecule has 0 radical (unpaired) electrons. The summed E-state index contributed by atoms with van der Waals surface area (Å²) in [6.45, 7) is 4.75. The van der Waals surface area contributed by atoms with E-state index in [-0.39, 0.29) is 6.29 Å². The molecule has 1 fully saturated rings. The summed E-state index contributed by atoms with van der Waals surface area (Å²) in [7, 11) is 0. The molecular formula is C15H19NO2. The van der Waals surface area contributed by atoms with Gasteiger partial charge in [0, 0.05) is 30.1 Å². The minimum atomic E-state index is -0.0268. The third-order valence-electron chi connectivity index (χ3n) is 3.53. The molecule has 1 aromatic carbocycles. The van der Waals surface area contributed by atoms with Gasteiger partial charge in [0.25, 0.3) is 0 Å². The van der Waals surface area contributed by atoms with Gasteiger partial charge in [-0.1, -0.05) is 12.1 Å². The van der Waals surface area contributed by atoms with Gasteiger partial charge in [-0.25, -0.2) is 0 Å². The van der Waals surface area contributed by atoms with Gasteiger partial charge < -0.3 is 14.0 Å². The number of aryl methyl sites for hydroxylation is 2. The molecule has 0 saturated carbocycles. The summed E-state index contributed by atoms with van der Waals surface area (Å²) in [5.41, 5.74) is 2.63. The van der Waals surface area contributed by atoms with Crippen molar-refractivity contribution in [3.63, 3.8) is 0 Å². The standard InChI is InChI=1S/C15H19NO2/c1-12-4-2-5-14-13(12)6-8-16(14)9-7-15-17-10-3-11-18-15/h2,4-6,8,15H,3,7,9-11H2,1H3. The number of hydrogen-bond donors (Lipinski definition) is 0. The van der Waals surface area contributed by atoms with E-state index in [9.17, 15) is 0 Å². The molecule has 0 atom stereocenters. The monoisotopic (exact) mass is 245 g/mol. The van der Waals surface area contributed by atoms with E-state index in [1.54, 1.807) is 0 Å². The largest absolute Gasteiger partial charge is 0.353 e. The maximum atomic E-state index is 5.58. The van der Waals surface area contributed by atoms with Crippen LogP contribution in [0.25, 0.3) is 10.9 Å². The van der Waals surface area contributed by atoms with E-state index in [1.165, 1.54) is 16.5 Å². The van der Waals surface area contributed by atoms with Gasteiger partial charge in [0.05, 0.1) is 13.2 Å². The Morgan fingerprint density at radius 2 is 2.06 bits per heavy atom. The molecule has 18 heavy (non-hydrogen) atoms. The van der Waals surface area contributed by atoms with Crippen molar-refractivity contribution in [2.75, 3.05) is 13.2 Å². The van der Waals surface area contributed by atoms with Gasteiger partial charge in [0.15, 0.2) is 6.29 Å². The van der Waals surface area contributed by atoms with E-state index in [4.69, 9.17) is 9.47 Å². The minimum absolute atomic E-state index is 0.0268. The molecule has 1 aliphatic heterocycles. The van der Waals surface area contributed by atoms with Crippen LogP contribution in [0.1, 0.15) is 18.4 Å². The molecule has 1 aromatic heterocycles. The minimum Gasteiger partial charge on any atom is -0.353 e. The van der Waals surface area contributed by atoms with E-state index in [2.05, 4.69) is 42.0 Å². The van der Waals surface area contributed by atoms with Gasteiger partial charge >= 0.3 is 0 Å². The molecule has 0 bridgehead atoms. The third-order valence-corrected chi connectivity index (χ3v) is 3.53. The summed E-state index contributed by atoms with van der Waals surface area (Å²) in [4.78, 5) is 0. The molecule has 3 heteroatoms. The lowest BCUT2D eigenvalue weighted by Crippen LogP contribution is -2.25. The Hall–Kier alpha value is -1.32. The van der Waals surface area contributed by atoms with Crippen molar-refractivity contribution < 1.29 is 9.47 Å². The lowest BCUT2D eigenvalue weighted by Gasteiger charge is -2.23. The number of fused-ring (bicyclic) bond motifs is 1. The van der Waals surface area contributed by atoms with E-state index in [0.29, 0.717) is 0 Å². The fourth-order valence-corrected chi connectivity index (χ4v) is 2.52. The van der Waals surface area contributed by atoms with Gasteiger partial charge in [-0.05, 0) is 31.0 Å². The van der Waals surface area contributed by atoms with Gasteiger partial charge in [-0.15, -0.1) is 0 Å². The Kier molecular flexibility index (Phi) is 3.35. The number of nitrogens with zero attached hydrogens (tertiary/aromatic N) is 1. The zero-order chi connectivity index (χ0) is 12.4. The number of rotatable bonds is 3. The molecule has 3 nitrogen and oxygen atoms in total. The predicted molar refractivity (Wildman–Crippen MR) is 71.6 cm³/mol. The van der Waals surface area contributed by atoms with Crippen LogP contribution in [0.5, 0.6) is 0 Å². The first kappa shape index (κ1) is 11.8. The zero-order valence-corrected chi connectivity index (χ0v) is 10.8. The maximum Gasteiger partial charge on any atom is 0.159 e. The molecule has 2 aromatic rings. The summed E-state index contributed by atoms with van der Waals surface area (Å²) in [5, 5.41) is 1.34.